The van der Waals surface area contributed by atoms with Crippen molar-refractivity contribution in [2.45, 2.75) is 122 Å². The van der Waals surface area contributed by atoms with Gasteiger partial charge in [0.15, 0.2) is 0 Å². The number of alkyl halides is 3. The van der Waals surface area contributed by atoms with Gasteiger partial charge in [-0.1, -0.05) is 51.9 Å². The molecule has 1 nitrogen and oxygen atoms in total. The molecule has 2 aliphatic rings. The summed E-state index contributed by atoms with van der Waals surface area (Å²) >= 11 is 0. The van der Waals surface area contributed by atoms with Crippen LogP contribution in [0.1, 0.15) is 110 Å². The third kappa shape index (κ3) is 9.67. The largest absolute Gasteiger partial charge is 0.389 e. The highest BCUT2D eigenvalue weighted by atomic mass is 19.4. The summed E-state index contributed by atoms with van der Waals surface area (Å²) in [5.41, 5.74) is 0. The van der Waals surface area contributed by atoms with Crippen molar-refractivity contribution in [3.63, 3.8) is 0 Å². The molecule has 2 saturated carbocycles. The van der Waals surface area contributed by atoms with Crippen molar-refractivity contribution < 1.29 is 17.9 Å². The second-order valence-electron chi connectivity index (χ2n) is 9.11. The molecule has 27 heavy (non-hydrogen) atoms. The van der Waals surface area contributed by atoms with Crippen LogP contribution in [0.15, 0.2) is 0 Å². The Balaban J connectivity index is 1.51. The van der Waals surface area contributed by atoms with Crippen molar-refractivity contribution >= 4 is 0 Å². The van der Waals surface area contributed by atoms with Gasteiger partial charge in [-0.25, -0.2) is 0 Å². The van der Waals surface area contributed by atoms with Gasteiger partial charge in [-0.3, -0.25) is 0 Å². The van der Waals surface area contributed by atoms with E-state index in [1.54, 1.807) is 0 Å². The highest BCUT2D eigenvalue weighted by Crippen LogP contribution is 2.42. The Morgan fingerprint density at radius 2 is 1.30 bits per heavy atom. The minimum Gasteiger partial charge on any atom is -0.378 e. The summed E-state index contributed by atoms with van der Waals surface area (Å²) in [5.74, 6) is 1.86. The molecule has 0 spiro atoms. The highest BCUT2D eigenvalue weighted by molar-refractivity contribution is 4.82. The summed E-state index contributed by atoms with van der Waals surface area (Å²) in [7, 11) is 0. The molecule has 160 valence electrons. The molecule has 0 atom stereocenters. The predicted octanol–water partition coefficient (Wildman–Crippen LogP) is 8.07. The Bertz CT molecular complexity index is 366. The average Bonchev–Trinajstić information content (AvgIpc) is 2.66. The van der Waals surface area contributed by atoms with Crippen LogP contribution < -0.4 is 0 Å². The van der Waals surface area contributed by atoms with E-state index in [2.05, 4.69) is 6.92 Å². The van der Waals surface area contributed by atoms with Crippen LogP contribution >= 0.6 is 0 Å². The standard InChI is InChI=1S/C23H41F3O/c1-2-3-4-5-6-7-18-27-22-14-12-21(13-15-22)20-10-8-19(9-11-20)16-17-23(24,25)26/h19-22H,2-18H2,1H3/t19-,20-,21-,22-. The third-order valence-corrected chi connectivity index (χ3v) is 6.96. The van der Waals surface area contributed by atoms with Crippen molar-refractivity contribution in [1.29, 1.82) is 0 Å². The molecule has 0 radical (unpaired) electrons. The Morgan fingerprint density at radius 1 is 0.741 bits per heavy atom. The third-order valence-electron chi connectivity index (χ3n) is 6.96. The maximum atomic E-state index is 12.4. The summed E-state index contributed by atoms with van der Waals surface area (Å²) in [6.45, 7) is 3.17. The van der Waals surface area contributed by atoms with Gasteiger partial charge in [-0.05, 0) is 69.1 Å². The fraction of sp³-hybridized carbons (Fsp3) is 1.00. The molecule has 2 fully saturated rings. The fourth-order valence-electron chi connectivity index (χ4n) is 5.18. The summed E-state index contributed by atoms with van der Waals surface area (Å²) in [5, 5.41) is 0. The van der Waals surface area contributed by atoms with Crippen LogP contribution in [-0.4, -0.2) is 18.9 Å². The van der Waals surface area contributed by atoms with Crippen molar-refractivity contribution in [2.75, 3.05) is 6.61 Å². The van der Waals surface area contributed by atoms with Crippen molar-refractivity contribution in [2.24, 2.45) is 17.8 Å². The molecule has 0 N–H and O–H groups in total. The van der Waals surface area contributed by atoms with E-state index in [4.69, 9.17) is 4.74 Å². The summed E-state index contributed by atoms with van der Waals surface area (Å²) < 4.78 is 43.3. The molecule has 0 unspecified atom stereocenters. The van der Waals surface area contributed by atoms with Gasteiger partial charge in [0.05, 0.1) is 6.10 Å². The molecule has 2 aliphatic carbocycles. The number of hydrogen-bond acceptors (Lipinski definition) is 1. The van der Waals surface area contributed by atoms with E-state index in [1.165, 1.54) is 64.2 Å². The quantitative estimate of drug-likeness (QED) is 0.324. The molecule has 0 aromatic rings. The van der Waals surface area contributed by atoms with Crippen LogP contribution in [0.3, 0.4) is 0 Å². The molecule has 0 heterocycles. The summed E-state index contributed by atoms with van der Waals surface area (Å²) in [6.07, 6.45) is 13.3. The van der Waals surface area contributed by atoms with E-state index in [9.17, 15) is 13.2 Å². The highest BCUT2D eigenvalue weighted by Gasteiger charge is 2.33. The maximum absolute atomic E-state index is 12.4. The lowest BCUT2D eigenvalue weighted by molar-refractivity contribution is -0.138. The van der Waals surface area contributed by atoms with Gasteiger partial charge in [-0.15, -0.1) is 0 Å². The van der Waals surface area contributed by atoms with Crippen LogP contribution in [0, 0.1) is 17.8 Å². The molecule has 4 heteroatoms. The molecule has 0 aliphatic heterocycles. The first-order valence-corrected chi connectivity index (χ1v) is 11.7. The van der Waals surface area contributed by atoms with Gasteiger partial charge in [0, 0.05) is 13.0 Å². The topological polar surface area (TPSA) is 9.23 Å². The lowest BCUT2D eigenvalue weighted by Crippen LogP contribution is -2.29. The molecule has 0 bridgehead atoms. The van der Waals surface area contributed by atoms with Crippen LogP contribution in [0.5, 0.6) is 0 Å². The van der Waals surface area contributed by atoms with E-state index < -0.39 is 12.6 Å². The van der Waals surface area contributed by atoms with Crippen LogP contribution in [0.25, 0.3) is 0 Å². The molecule has 0 amide bonds. The minimum absolute atomic E-state index is 0.305. The zero-order chi connectivity index (χ0) is 19.5. The van der Waals surface area contributed by atoms with Gasteiger partial charge in [0.1, 0.15) is 0 Å². The van der Waals surface area contributed by atoms with Crippen LogP contribution in [0.4, 0.5) is 13.2 Å². The Kier molecular flexibility index (Phi) is 10.5. The lowest BCUT2D eigenvalue weighted by atomic mass is 9.70. The second-order valence-corrected chi connectivity index (χ2v) is 9.11. The van der Waals surface area contributed by atoms with Gasteiger partial charge in [-0.2, -0.15) is 13.2 Å². The molecule has 0 aromatic carbocycles. The lowest BCUT2D eigenvalue weighted by Gasteiger charge is -2.38. The van der Waals surface area contributed by atoms with Crippen LogP contribution in [0.2, 0.25) is 0 Å². The van der Waals surface area contributed by atoms with Gasteiger partial charge >= 0.3 is 6.18 Å². The van der Waals surface area contributed by atoms with Crippen molar-refractivity contribution in [3.8, 4) is 0 Å². The minimum atomic E-state index is -3.98. The summed E-state index contributed by atoms with van der Waals surface area (Å²) in [6, 6.07) is 0. The fourth-order valence-corrected chi connectivity index (χ4v) is 5.18. The number of hydrogen-bond donors (Lipinski definition) is 0. The Hall–Kier alpha value is -0.250. The average molecular weight is 391 g/mol. The first kappa shape index (κ1) is 23.0. The molecule has 2 rings (SSSR count). The zero-order valence-corrected chi connectivity index (χ0v) is 17.4. The normalized spacial score (nSPS) is 29.8. The SMILES string of the molecule is CCCCCCCCO[C@H]1CC[C@H]([C@H]2CC[C@H](CCC(F)(F)F)CC2)CC1. The summed E-state index contributed by atoms with van der Waals surface area (Å²) in [4.78, 5) is 0. The van der Waals surface area contributed by atoms with E-state index in [1.807, 2.05) is 0 Å². The maximum Gasteiger partial charge on any atom is 0.389 e. The monoisotopic (exact) mass is 390 g/mol. The first-order valence-electron chi connectivity index (χ1n) is 11.7. The Labute approximate surface area is 164 Å². The second kappa shape index (κ2) is 12.3. The van der Waals surface area contributed by atoms with Gasteiger partial charge in [0.25, 0.3) is 0 Å². The van der Waals surface area contributed by atoms with E-state index in [-0.39, 0.29) is 0 Å². The molecular formula is C23H41F3O. The van der Waals surface area contributed by atoms with Gasteiger partial charge in [0.2, 0.25) is 0 Å². The number of halogens is 3. The number of rotatable bonds is 11. The van der Waals surface area contributed by atoms with Crippen molar-refractivity contribution in [1.82, 2.24) is 0 Å². The molecule has 0 aromatic heterocycles. The van der Waals surface area contributed by atoms with Gasteiger partial charge < -0.3 is 4.74 Å². The van der Waals surface area contributed by atoms with Crippen molar-refractivity contribution in [3.05, 3.63) is 0 Å². The number of ether oxygens (including phenoxy) is 1. The number of unbranched alkanes of at least 4 members (excludes halogenated alkanes) is 5. The molecular weight excluding hydrogens is 349 g/mol. The first-order chi connectivity index (χ1) is 13.0. The van der Waals surface area contributed by atoms with E-state index >= 15 is 0 Å². The predicted molar refractivity (Wildman–Crippen MR) is 106 cm³/mol. The van der Waals surface area contributed by atoms with E-state index in [0.29, 0.717) is 18.4 Å². The van der Waals surface area contributed by atoms with Crippen LogP contribution in [-0.2, 0) is 4.74 Å². The smallest absolute Gasteiger partial charge is 0.378 e. The molecule has 0 saturated heterocycles. The Morgan fingerprint density at radius 3 is 1.89 bits per heavy atom. The van der Waals surface area contributed by atoms with E-state index in [0.717, 1.165) is 44.1 Å². The zero-order valence-electron chi connectivity index (χ0n) is 17.4.